The summed E-state index contributed by atoms with van der Waals surface area (Å²) in [5.41, 5.74) is 0.354. The first kappa shape index (κ1) is 27.1. The maximum atomic E-state index is 12.5. The Morgan fingerprint density at radius 2 is 1.78 bits per heavy atom. The predicted octanol–water partition coefficient (Wildman–Crippen LogP) is 4.91. The Morgan fingerprint density at radius 1 is 1.06 bits per heavy atom. The molecule has 1 saturated heterocycles. The molecule has 0 unspecified atom stereocenters. The van der Waals surface area contributed by atoms with Gasteiger partial charge in [-0.15, -0.1) is 0 Å². The maximum absolute atomic E-state index is 12.5. The molecule has 4 aliphatic carbocycles. The number of morpholine rings is 1. The number of carbonyl (C=O) groups is 1. The van der Waals surface area contributed by atoms with Crippen LogP contribution in [0.4, 0.5) is 0 Å². The standard InChI is InChI=1S/C29H49NO5S/c1-18(2)27-17-30(13-14-34-27)25-16-29(5)20(15-26(25)35-36(6,32)33)7-8-21-23-10-9-22(19(3)31)28(23,4)12-11-24(21)29/h18,20-27H,7-17H2,1-6H3/t20-,21-,22+,23-,24-,25-,26-,27-,28+,29-/m0/s1. The van der Waals surface area contributed by atoms with Crippen LogP contribution in [0.25, 0.3) is 0 Å². The zero-order chi connectivity index (χ0) is 26.0. The first-order valence-electron chi connectivity index (χ1n) is 14.6. The number of fused-ring (bicyclic) bond motifs is 5. The van der Waals surface area contributed by atoms with Crippen LogP contribution in [0.15, 0.2) is 0 Å². The number of carbonyl (C=O) groups excluding carboxylic acids is 1. The monoisotopic (exact) mass is 523 g/mol. The quantitative estimate of drug-likeness (QED) is 0.477. The fourth-order valence-electron chi connectivity index (χ4n) is 10.0. The third-order valence-corrected chi connectivity index (χ3v) is 12.4. The second-order valence-electron chi connectivity index (χ2n) is 13.9. The van der Waals surface area contributed by atoms with Gasteiger partial charge in [-0.1, -0.05) is 27.7 Å². The zero-order valence-corrected chi connectivity index (χ0v) is 24.2. The van der Waals surface area contributed by atoms with Gasteiger partial charge in [-0.3, -0.25) is 13.9 Å². The lowest BCUT2D eigenvalue weighted by atomic mass is 9.44. The second-order valence-corrected chi connectivity index (χ2v) is 15.5. The molecule has 0 radical (unpaired) electrons. The molecule has 0 aromatic carbocycles. The summed E-state index contributed by atoms with van der Waals surface area (Å²) in [6, 6.07) is 0.103. The molecule has 4 saturated carbocycles. The van der Waals surface area contributed by atoms with E-state index in [0.717, 1.165) is 45.2 Å². The smallest absolute Gasteiger partial charge is 0.264 e. The summed E-state index contributed by atoms with van der Waals surface area (Å²) in [4.78, 5) is 15.0. The number of hydrogen-bond acceptors (Lipinski definition) is 6. The van der Waals surface area contributed by atoms with Crippen molar-refractivity contribution in [3.8, 4) is 0 Å². The summed E-state index contributed by atoms with van der Waals surface area (Å²) in [5.74, 6) is 3.56. The van der Waals surface area contributed by atoms with E-state index >= 15 is 0 Å². The number of ether oxygens (including phenoxy) is 1. The predicted molar refractivity (Wildman–Crippen MR) is 141 cm³/mol. The average Bonchev–Trinajstić information content (AvgIpc) is 3.15. The molecule has 0 spiro atoms. The van der Waals surface area contributed by atoms with Gasteiger partial charge in [0.1, 0.15) is 5.78 Å². The lowest BCUT2D eigenvalue weighted by Crippen LogP contribution is -2.62. The van der Waals surface area contributed by atoms with E-state index in [2.05, 4.69) is 32.6 Å². The van der Waals surface area contributed by atoms with Gasteiger partial charge in [0.2, 0.25) is 0 Å². The van der Waals surface area contributed by atoms with Crippen molar-refractivity contribution in [2.45, 2.75) is 104 Å². The molecular weight excluding hydrogens is 474 g/mol. The number of ketones is 1. The van der Waals surface area contributed by atoms with Crippen LogP contribution in [0.3, 0.4) is 0 Å². The Hall–Kier alpha value is -0.500. The summed E-state index contributed by atoms with van der Waals surface area (Å²) in [5, 5.41) is 0. The second kappa shape index (κ2) is 9.60. The van der Waals surface area contributed by atoms with Gasteiger partial charge in [0.15, 0.2) is 0 Å². The minimum Gasteiger partial charge on any atom is -0.375 e. The lowest BCUT2D eigenvalue weighted by molar-refractivity contribution is -0.158. The van der Waals surface area contributed by atoms with Crippen LogP contribution in [0.2, 0.25) is 0 Å². The molecule has 5 aliphatic rings. The molecule has 0 N–H and O–H groups in total. The van der Waals surface area contributed by atoms with Crippen molar-refractivity contribution in [3.05, 3.63) is 0 Å². The highest BCUT2D eigenvalue weighted by Gasteiger charge is 2.62. The molecular formula is C29H49NO5S. The third kappa shape index (κ3) is 4.62. The minimum atomic E-state index is -3.53. The zero-order valence-electron chi connectivity index (χ0n) is 23.4. The molecule has 10 atom stereocenters. The van der Waals surface area contributed by atoms with Crippen molar-refractivity contribution in [2.75, 3.05) is 26.0 Å². The molecule has 0 bridgehead atoms. The summed E-state index contributed by atoms with van der Waals surface area (Å²) in [6.45, 7) is 13.6. The van der Waals surface area contributed by atoms with E-state index in [9.17, 15) is 13.2 Å². The van der Waals surface area contributed by atoms with E-state index in [0.29, 0.717) is 42.0 Å². The third-order valence-electron chi connectivity index (χ3n) is 11.8. The Bertz CT molecular complexity index is 951. The van der Waals surface area contributed by atoms with Crippen molar-refractivity contribution < 1.29 is 22.1 Å². The van der Waals surface area contributed by atoms with E-state index in [-0.39, 0.29) is 35.0 Å². The van der Waals surface area contributed by atoms with Gasteiger partial charge < -0.3 is 4.74 Å². The molecule has 0 aromatic heterocycles. The van der Waals surface area contributed by atoms with Crippen molar-refractivity contribution in [1.29, 1.82) is 0 Å². The molecule has 0 amide bonds. The molecule has 1 aliphatic heterocycles. The van der Waals surface area contributed by atoms with Gasteiger partial charge in [0.25, 0.3) is 10.1 Å². The molecule has 1 heterocycles. The van der Waals surface area contributed by atoms with E-state index in [1.54, 1.807) is 0 Å². The van der Waals surface area contributed by atoms with Gasteiger partial charge in [-0.2, -0.15) is 8.42 Å². The average molecular weight is 524 g/mol. The van der Waals surface area contributed by atoms with E-state index in [1.807, 2.05) is 6.92 Å². The van der Waals surface area contributed by atoms with Gasteiger partial charge in [-0.25, -0.2) is 0 Å². The number of Topliss-reactive ketones (excluding diaryl/α,β-unsaturated/α-hetero) is 1. The van der Waals surface area contributed by atoms with Crippen LogP contribution in [0.5, 0.6) is 0 Å². The van der Waals surface area contributed by atoms with Crippen molar-refractivity contribution in [3.63, 3.8) is 0 Å². The number of hydrogen-bond donors (Lipinski definition) is 0. The highest BCUT2D eigenvalue weighted by atomic mass is 32.2. The molecule has 6 nitrogen and oxygen atoms in total. The molecule has 5 fully saturated rings. The van der Waals surface area contributed by atoms with Crippen LogP contribution < -0.4 is 0 Å². The maximum Gasteiger partial charge on any atom is 0.264 e. The summed E-state index contributed by atoms with van der Waals surface area (Å²) in [7, 11) is -3.53. The SMILES string of the molecule is CC(=O)[C@H]1CC[C@H]2[C@@H]3CC[C@H]4C[C@H](OS(C)(=O)=O)[C@@H](N5CCO[C@H](C(C)C)C5)C[C@]4(C)[C@H]3CC[C@]12C. The Kier molecular flexibility index (Phi) is 7.22. The number of rotatable bonds is 5. The number of nitrogens with zero attached hydrogens (tertiary/aromatic N) is 1. The van der Waals surface area contributed by atoms with Gasteiger partial charge in [-0.05, 0) is 98.7 Å². The first-order valence-corrected chi connectivity index (χ1v) is 16.4. The summed E-state index contributed by atoms with van der Waals surface area (Å²) < 4.78 is 36.6. The highest BCUT2D eigenvalue weighted by molar-refractivity contribution is 7.86. The summed E-state index contributed by atoms with van der Waals surface area (Å²) >= 11 is 0. The molecule has 0 aromatic rings. The lowest BCUT2D eigenvalue weighted by Gasteiger charge is -2.63. The van der Waals surface area contributed by atoms with Gasteiger partial charge in [0.05, 0.1) is 25.1 Å². The molecule has 206 valence electrons. The highest BCUT2D eigenvalue weighted by Crippen LogP contribution is 2.67. The molecule has 7 heteroatoms. The Labute approximate surface area is 219 Å². The van der Waals surface area contributed by atoms with Crippen molar-refractivity contribution in [1.82, 2.24) is 4.90 Å². The topological polar surface area (TPSA) is 72.9 Å². The first-order chi connectivity index (χ1) is 16.8. The van der Waals surface area contributed by atoms with E-state index in [4.69, 9.17) is 8.92 Å². The van der Waals surface area contributed by atoms with Gasteiger partial charge >= 0.3 is 0 Å². The van der Waals surface area contributed by atoms with Crippen LogP contribution >= 0.6 is 0 Å². The fraction of sp³-hybridized carbons (Fsp3) is 0.966. The van der Waals surface area contributed by atoms with Gasteiger partial charge in [0, 0.05) is 25.0 Å². The minimum absolute atomic E-state index is 0.103. The molecule has 5 rings (SSSR count). The normalized spacial score (nSPS) is 47.8. The van der Waals surface area contributed by atoms with E-state index < -0.39 is 10.1 Å². The van der Waals surface area contributed by atoms with Crippen LogP contribution in [-0.4, -0.2) is 63.3 Å². The fourth-order valence-corrected chi connectivity index (χ4v) is 10.7. The Morgan fingerprint density at radius 3 is 2.44 bits per heavy atom. The summed E-state index contributed by atoms with van der Waals surface area (Å²) in [6.07, 6.45) is 9.96. The van der Waals surface area contributed by atoms with E-state index in [1.165, 1.54) is 25.5 Å². The van der Waals surface area contributed by atoms with Crippen LogP contribution in [0, 0.1) is 46.3 Å². The van der Waals surface area contributed by atoms with Crippen LogP contribution in [0.1, 0.15) is 86.0 Å². The van der Waals surface area contributed by atoms with Crippen LogP contribution in [-0.2, 0) is 23.8 Å². The Balaban J connectivity index is 1.43. The van der Waals surface area contributed by atoms with Crippen molar-refractivity contribution in [2.24, 2.45) is 46.3 Å². The van der Waals surface area contributed by atoms with Crippen molar-refractivity contribution >= 4 is 15.9 Å². The largest absolute Gasteiger partial charge is 0.375 e. The molecule has 36 heavy (non-hydrogen) atoms.